The van der Waals surface area contributed by atoms with Crippen LogP contribution in [0.3, 0.4) is 0 Å². The van der Waals surface area contributed by atoms with Crippen molar-refractivity contribution in [2.45, 2.75) is 9.79 Å². The van der Waals surface area contributed by atoms with Crippen LogP contribution < -0.4 is 20.7 Å². The summed E-state index contributed by atoms with van der Waals surface area (Å²) in [6.07, 6.45) is 0. The zero-order chi connectivity index (χ0) is 44.6. The molecule has 3 aliphatic rings. The third-order valence-corrected chi connectivity index (χ3v) is 13.4. The Morgan fingerprint density at radius 2 is 1.23 bits per heavy atom. The maximum Gasteiger partial charge on any atom is 0.397 e. The van der Waals surface area contributed by atoms with E-state index in [1.807, 2.05) is 0 Å². The van der Waals surface area contributed by atoms with Gasteiger partial charge >= 0.3 is 41.6 Å². The van der Waals surface area contributed by atoms with Crippen LogP contribution in [0.1, 0.15) is 0 Å². The van der Waals surface area contributed by atoms with E-state index in [4.69, 9.17) is 50.6 Å². The van der Waals surface area contributed by atoms with Crippen LogP contribution in [-0.4, -0.2) is 125 Å². The van der Waals surface area contributed by atoms with Gasteiger partial charge in [-0.25, -0.2) is 38.6 Å². The number of fused-ring (bicyclic) bond motifs is 4. The fourth-order valence-electron chi connectivity index (χ4n) is 5.20. The number of aromatic nitrogens is 1. The summed E-state index contributed by atoms with van der Waals surface area (Å²) in [4.78, 5) is 6.86. The molecule has 5 rings (SSSR count). The van der Waals surface area contributed by atoms with E-state index >= 15 is 0 Å². The lowest BCUT2D eigenvalue weighted by atomic mass is 10.1. The maximum absolute atomic E-state index is 13.7. The Hall–Kier alpha value is -3.58. The van der Waals surface area contributed by atoms with E-state index < -0.39 is 160 Å². The van der Waals surface area contributed by atoms with Crippen LogP contribution in [-0.2, 0) is 78.0 Å². The minimum absolute atomic E-state index is 0.155. The van der Waals surface area contributed by atoms with Gasteiger partial charge in [-0.3, -0.25) is 23.2 Å². The number of halogens is 2. The van der Waals surface area contributed by atoms with Crippen LogP contribution in [0.5, 0.6) is 11.5 Å². The van der Waals surface area contributed by atoms with Gasteiger partial charge in [0, 0.05) is 6.54 Å². The lowest BCUT2D eigenvalue weighted by Crippen LogP contribution is -2.24. The molecule has 60 heavy (non-hydrogen) atoms. The van der Waals surface area contributed by atoms with Crippen LogP contribution in [0, 0.1) is 0 Å². The molecule has 0 amide bonds. The molecule has 34 heteroatoms. The summed E-state index contributed by atoms with van der Waals surface area (Å²) < 4.78 is 207. The summed E-state index contributed by atoms with van der Waals surface area (Å²) >= 11 is 13.5. The highest BCUT2D eigenvalue weighted by Gasteiger charge is 2.35. The van der Waals surface area contributed by atoms with Gasteiger partial charge in [0.25, 0.3) is 0 Å². The summed E-state index contributed by atoms with van der Waals surface area (Å²) in [6, 6.07) is 4.62. The number of ether oxygens (including phenoxy) is 1. The van der Waals surface area contributed by atoms with Gasteiger partial charge in [-0.05, 0) is 24.3 Å². The third-order valence-electron chi connectivity index (χ3n) is 7.40. The third kappa shape index (κ3) is 11.9. The summed E-state index contributed by atoms with van der Waals surface area (Å²) in [6.45, 7) is -4.69. The second-order valence-corrected chi connectivity index (χ2v) is 20.7. The largest absolute Gasteiger partial charge is 0.450 e. The lowest BCUT2D eigenvalue weighted by molar-refractivity contribution is 0.274. The molecular formula is C26H26Cl2N4O22S6. The zero-order valence-electron chi connectivity index (χ0n) is 29.2. The number of sulfone groups is 2. The molecule has 0 saturated heterocycles. The topological polar surface area (TPSA) is 394 Å². The molecule has 0 unspecified atom stereocenters. The van der Waals surface area contributed by atoms with E-state index in [-0.39, 0.29) is 28.3 Å². The van der Waals surface area contributed by atoms with Crippen molar-refractivity contribution in [1.82, 2.24) is 4.98 Å². The van der Waals surface area contributed by atoms with Gasteiger partial charge in [0.05, 0.1) is 61.2 Å². The van der Waals surface area contributed by atoms with Crippen LogP contribution in [0.15, 0.2) is 43.5 Å². The van der Waals surface area contributed by atoms with Crippen molar-refractivity contribution in [2.75, 3.05) is 61.7 Å². The van der Waals surface area contributed by atoms with Gasteiger partial charge in [0.1, 0.15) is 36.7 Å². The van der Waals surface area contributed by atoms with Gasteiger partial charge in [-0.1, -0.05) is 23.2 Å². The zero-order valence-corrected chi connectivity index (χ0v) is 35.6. The smallest absolute Gasteiger partial charge is 0.397 e. The van der Waals surface area contributed by atoms with Crippen molar-refractivity contribution in [3.63, 3.8) is 0 Å². The first-order valence-corrected chi connectivity index (χ1v) is 25.2. The van der Waals surface area contributed by atoms with E-state index in [1.165, 1.54) is 6.07 Å². The molecule has 0 aromatic heterocycles. The molecule has 2 aliphatic heterocycles. The Bertz CT molecular complexity index is 3090. The fraction of sp³-hybridized carbons (Fsp3) is 0.308. The number of hydrogen-bond acceptors (Lipinski definition) is 22. The molecule has 2 heterocycles. The summed E-state index contributed by atoms with van der Waals surface area (Å²) in [5, 5.41) is 4.11. The van der Waals surface area contributed by atoms with Crippen molar-refractivity contribution in [1.29, 1.82) is 0 Å². The summed E-state index contributed by atoms with van der Waals surface area (Å²) in [7, 11) is -29.4. The predicted octanol–water partition coefficient (Wildman–Crippen LogP) is 1.23. The van der Waals surface area contributed by atoms with Crippen LogP contribution in [0.2, 0.25) is 10.0 Å². The molecule has 2 aromatic carbocycles. The number of hydrogen-bond donors (Lipinski definition) is 6. The highest BCUT2D eigenvalue weighted by molar-refractivity contribution is 7.92. The number of nitrogens with one attached hydrogen (secondary N) is 2. The number of benzene rings is 3. The Balaban J connectivity index is 1.67. The average molecular weight is 1010 g/mol. The van der Waals surface area contributed by atoms with Crippen LogP contribution >= 0.6 is 23.2 Å². The molecule has 1 aliphatic carbocycles. The van der Waals surface area contributed by atoms with Gasteiger partial charge in [-0.2, -0.15) is 33.7 Å². The minimum atomic E-state index is -5.09. The number of rotatable bonds is 19. The first kappa shape index (κ1) is 47.5. The summed E-state index contributed by atoms with van der Waals surface area (Å²) in [5.41, 5.74) is -1.71. The van der Waals surface area contributed by atoms with Crippen LogP contribution in [0.25, 0.3) is 22.6 Å². The lowest BCUT2D eigenvalue weighted by Gasteiger charge is -2.27. The van der Waals surface area contributed by atoms with Gasteiger partial charge in [0.15, 0.2) is 42.5 Å². The monoisotopic (exact) mass is 1010 g/mol. The Kier molecular flexibility index (Phi) is 14.0. The SMILES string of the molecule is O=S(=O)(O)OCCN=c1ccc2nc3c(Cl)c4c(c(Cl)c3oc-2c1S(=O)(=O)CCOS(=O)(=O)O)Nc1ccc(NCCOS(=O)(=O)O)c(S(=O)(=O)CCOS(=O)(=O)O)c1O4. The molecule has 0 radical (unpaired) electrons. The highest BCUT2D eigenvalue weighted by atomic mass is 35.5. The second kappa shape index (κ2) is 17.7. The standard InChI is InChI=1S/C26H26Cl2N4O22S6/c27-17-19-23(53-21-13(31-19)1-3-15(29-5-7-49-57(37,38)39)25(21)55(33,34)11-9-51-59(43,44)45)18(28)20-24(17)54-22-14(32-20)2-4-16(30-6-8-50-58(40,41)42)26(22)56(35,36)12-10-52-60(46,47)48/h1-4,29,31H,5-12H2,(H,37,38,39)(H,40,41,42)(H,43,44,45)(H,46,47,48). The fourth-order valence-corrected chi connectivity index (χ4v) is 9.90. The molecule has 6 N–H and O–H groups in total. The van der Waals surface area contributed by atoms with Gasteiger partial charge in [0.2, 0.25) is 0 Å². The van der Waals surface area contributed by atoms with Crippen molar-refractivity contribution in [2.24, 2.45) is 4.99 Å². The van der Waals surface area contributed by atoms with E-state index in [2.05, 4.69) is 37.3 Å². The molecule has 26 nitrogen and oxygen atoms in total. The van der Waals surface area contributed by atoms with Gasteiger partial charge in [-0.15, -0.1) is 0 Å². The molecule has 0 atom stereocenters. The Labute approximate surface area is 349 Å². The minimum Gasteiger partial charge on any atom is -0.450 e. The molecule has 0 bridgehead atoms. The molecule has 332 valence electrons. The Morgan fingerprint density at radius 1 is 0.683 bits per heavy atom. The first-order valence-electron chi connectivity index (χ1n) is 15.6. The van der Waals surface area contributed by atoms with Crippen molar-refractivity contribution < 1.29 is 94.6 Å². The van der Waals surface area contributed by atoms with Gasteiger partial charge < -0.3 is 19.8 Å². The second-order valence-electron chi connectivity index (χ2n) is 11.5. The first-order chi connectivity index (χ1) is 27.6. The molecule has 0 fully saturated rings. The van der Waals surface area contributed by atoms with Crippen molar-refractivity contribution in [3.05, 3.63) is 39.7 Å². The van der Waals surface area contributed by atoms with E-state index in [0.717, 1.165) is 18.2 Å². The average Bonchev–Trinajstić information content (AvgIpc) is 3.10. The van der Waals surface area contributed by atoms with E-state index in [1.54, 1.807) is 0 Å². The molecule has 0 spiro atoms. The maximum atomic E-state index is 13.7. The molecular weight excluding hydrogens is 984 g/mol. The van der Waals surface area contributed by atoms with Crippen LogP contribution in [0.4, 0.5) is 17.1 Å². The molecule has 0 saturated carbocycles. The summed E-state index contributed by atoms with van der Waals surface area (Å²) in [5.74, 6) is -3.69. The number of anilines is 3. The highest BCUT2D eigenvalue weighted by Crippen LogP contribution is 2.55. The van der Waals surface area contributed by atoms with E-state index in [0.29, 0.717) is 0 Å². The van der Waals surface area contributed by atoms with Crippen molar-refractivity contribution >= 4 is 113 Å². The Morgan fingerprint density at radius 3 is 1.82 bits per heavy atom. The quantitative estimate of drug-likeness (QED) is 0.0385. The number of nitrogens with zero attached hydrogens (tertiary/aromatic N) is 2. The normalized spacial score (nSPS) is 14.1. The molecule has 2 aromatic rings. The van der Waals surface area contributed by atoms with Crippen molar-refractivity contribution in [3.8, 4) is 23.0 Å². The predicted molar refractivity (Wildman–Crippen MR) is 203 cm³/mol. The van der Waals surface area contributed by atoms with E-state index in [9.17, 15) is 50.5 Å².